The summed E-state index contributed by atoms with van der Waals surface area (Å²) < 4.78 is 13.0. The summed E-state index contributed by atoms with van der Waals surface area (Å²) in [5.41, 5.74) is 2.56. The lowest BCUT2D eigenvalue weighted by Gasteiger charge is -2.38. The SMILES string of the molecule is CC1/C(=C(/CC(C)(C)[Si](C)(C)O)[C@@H](C)O[C@H](C)CCC(=O)O)[C@H]1O[Si](C)(C)C(C)(C)C. The number of rotatable bonds is 11. The normalized spacial score (nSPS) is 24.0. The number of carboxylic acid groups (broad SMARTS) is 1. The molecule has 1 rings (SSSR count). The minimum Gasteiger partial charge on any atom is -0.481 e. The number of hydrogen-bond acceptors (Lipinski definition) is 4. The molecule has 2 N–H and O–H groups in total. The van der Waals surface area contributed by atoms with Crippen LogP contribution in [0.5, 0.6) is 0 Å². The van der Waals surface area contributed by atoms with Crippen molar-refractivity contribution in [3.05, 3.63) is 11.1 Å². The van der Waals surface area contributed by atoms with E-state index in [0.29, 0.717) is 12.3 Å². The van der Waals surface area contributed by atoms with Crippen molar-refractivity contribution in [1.29, 1.82) is 0 Å². The molecule has 0 aromatic heterocycles. The molecule has 7 heteroatoms. The molecular weight excluding hydrogens is 424 g/mol. The summed E-state index contributed by atoms with van der Waals surface area (Å²) in [7, 11) is -4.31. The van der Waals surface area contributed by atoms with Crippen LogP contribution in [0.3, 0.4) is 0 Å². The summed E-state index contributed by atoms with van der Waals surface area (Å²) in [6.07, 6.45) is 1.21. The van der Waals surface area contributed by atoms with Crippen LogP contribution >= 0.6 is 0 Å². The molecule has 1 fully saturated rings. The van der Waals surface area contributed by atoms with Crippen LogP contribution in [0, 0.1) is 5.92 Å². The summed E-state index contributed by atoms with van der Waals surface area (Å²) in [4.78, 5) is 21.9. The third kappa shape index (κ3) is 7.52. The summed E-state index contributed by atoms with van der Waals surface area (Å²) >= 11 is 0. The maximum absolute atomic E-state index is 10.9. The quantitative estimate of drug-likeness (QED) is 0.271. The minimum absolute atomic E-state index is 0.107. The lowest BCUT2D eigenvalue weighted by Crippen LogP contribution is -2.42. The van der Waals surface area contributed by atoms with Crippen LogP contribution in [0.1, 0.15) is 74.7 Å². The predicted octanol–water partition coefficient (Wildman–Crippen LogP) is 6.35. The lowest BCUT2D eigenvalue weighted by atomic mass is 9.96. The van der Waals surface area contributed by atoms with Gasteiger partial charge in [-0.3, -0.25) is 4.79 Å². The molecule has 5 nitrogen and oxygen atoms in total. The number of aliphatic carboxylic acids is 1. The van der Waals surface area contributed by atoms with Gasteiger partial charge in [0.15, 0.2) is 16.6 Å². The van der Waals surface area contributed by atoms with Gasteiger partial charge in [-0.25, -0.2) is 0 Å². The van der Waals surface area contributed by atoms with Gasteiger partial charge in [0.1, 0.15) is 0 Å². The highest BCUT2D eigenvalue weighted by atomic mass is 28.4. The first kappa shape index (κ1) is 28.6. The highest BCUT2D eigenvalue weighted by molar-refractivity contribution is 6.74. The van der Waals surface area contributed by atoms with E-state index < -0.39 is 22.6 Å². The van der Waals surface area contributed by atoms with Crippen LogP contribution in [0.4, 0.5) is 0 Å². The zero-order valence-electron chi connectivity index (χ0n) is 22.0. The molecule has 1 saturated carbocycles. The summed E-state index contributed by atoms with van der Waals surface area (Å²) in [5, 5.41) is 8.93. The zero-order chi connectivity index (χ0) is 24.6. The Morgan fingerprint density at radius 3 is 2.03 bits per heavy atom. The second-order valence-corrected chi connectivity index (χ2v) is 21.4. The highest BCUT2D eigenvalue weighted by Crippen LogP contribution is 2.53. The average Bonchev–Trinajstić information content (AvgIpc) is 3.16. The van der Waals surface area contributed by atoms with E-state index in [4.69, 9.17) is 14.3 Å². The van der Waals surface area contributed by atoms with E-state index in [2.05, 4.69) is 61.6 Å². The maximum atomic E-state index is 10.9. The van der Waals surface area contributed by atoms with E-state index in [9.17, 15) is 9.59 Å². The fourth-order valence-electron chi connectivity index (χ4n) is 3.50. The fourth-order valence-corrected chi connectivity index (χ4v) is 5.44. The van der Waals surface area contributed by atoms with E-state index in [1.165, 1.54) is 11.1 Å². The molecule has 4 atom stereocenters. The van der Waals surface area contributed by atoms with Crippen molar-refractivity contribution in [2.45, 2.75) is 129 Å². The second-order valence-electron chi connectivity index (χ2n) is 12.2. The van der Waals surface area contributed by atoms with Gasteiger partial charge in [0.05, 0.1) is 18.3 Å². The maximum Gasteiger partial charge on any atom is 0.303 e. The Bertz CT molecular complexity index is 670. The average molecular weight is 473 g/mol. The Hall–Kier alpha value is -0.476. The van der Waals surface area contributed by atoms with Gasteiger partial charge < -0.3 is 19.1 Å². The van der Waals surface area contributed by atoms with Crippen LogP contribution in [0.15, 0.2) is 11.1 Å². The van der Waals surface area contributed by atoms with E-state index in [1.54, 1.807) is 0 Å². The summed E-state index contributed by atoms with van der Waals surface area (Å²) in [6, 6.07) is 0. The Labute approximate surface area is 192 Å². The molecule has 0 saturated heterocycles. The topological polar surface area (TPSA) is 76.0 Å². The van der Waals surface area contributed by atoms with Gasteiger partial charge in [-0.1, -0.05) is 41.5 Å². The predicted molar refractivity (Wildman–Crippen MR) is 133 cm³/mol. The second kappa shape index (κ2) is 9.79. The third-order valence-electron chi connectivity index (χ3n) is 7.72. The van der Waals surface area contributed by atoms with Crippen molar-refractivity contribution in [2.75, 3.05) is 0 Å². The highest BCUT2D eigenvalue weighted by Gasteiger charge is 2.51. The zero-order valence-corrected chi connectivity index (χ0v) is 24.0. The molecule has 0 spiro atoms. The number of carboxylic acids is 1. The van der Waals surface area contributed by atoms with Crippen molar-refractivity contribution in [3.63, 3.8) is 0 Å². The Balaban J connectivity index is 3.20. The Morgan fingerprint density at radius 2 is 1.61 bits per heavy atom. The monoisotopic (exact) mass is 472 g/mol. The van der Waals surface area contributed by atoms with Crippen LogP contribution in [-0.2, 0) is 14.0 Å². The largest absolute Gasteiger partial charge is 0.481 e. The van der Waals surface area contributed by atoms with E-state index >= 15 is 0 Å². The fraction of sp³-hybridized carbons (Fsp3) is 0.875. The molecule has 0 amide bonds. The smallest absolute Gasteiger partial charge is 0.303 e. The van der Waals surface area contributed by atoms with E-state index in [1.807, 2.05) is 20.0 Å². The minimum atomic E-state index is -2.40. The van der Waals surface area contributed by atoms with Crippen molar-refractivity contribution in [2.24, 2.45) is 5.92 Å². The molecule has 0 bridgehead atoms. The van der Waals surface area contributed by atoms with Gasteiger partial charge in [0.25, 0.3) is 0 Å². The summed E-state index contributed by atoms with van der Waals surface area (Å²) in [6.45, 7) is 25.9. The van der Waals surface area contributed by atoms with Crippen LogP contribution in [0.2, 0.25) is 36.3 Å². The van der Waals surface area contributed by atoms with Crippen molar-refractivity contribution < 1.29 is 23.9 Å². The molecular formula is C24H48O5Si2. The molecule has 1 aliphatic carbocycles. The standard InChI is InChI=1S/C24H48O5Si2/c1-16(13-14-20(25)26)28-18(3)19(15-24(7,8)30(9,10)27)21-17(2)22(21)29-31(11,12)23(4,5)6/h16-18,22,27H,13-15H2,1-12H3,(H,25,26)/b21-19+/t16-,17?,18-,22+/m1/s1. The van der Waals surface area contributed by atoms with Gasteiger partial charge >= 0.3 is 5.97 Å². The molecule has 0 radical (unpaired) electrons. The van der Waals surface area contributed by atoms with Crippen molar-refractivity contribution >= 4 is 22.6 Å². The molecule has 182 valence electrons. The van der Waals surface area contributed by atoms with Crippen LogP contribution in [-0.4, -0.2) is 50.8 Å². The number of ether oxygens (including phenoxy) is 1. The first-order valence-electron chi connectivity index (χ1n) is 11.7. The molecule has 0 aromatic carbocycles. The Kier molecular flexibility index (Phi) is 9.02. The van der Waals surface area contributed by atoms with Crippen LogP contribution < -0.4 is 0 Å². The first-order valence-corrected chi connectivity index (χ1v) is 17.6. The van der Waals surface area contributed by atoms with E-state index in [0.717, 1.165) is 6.42 Å². The molecule has 0 aliphatic heterocycles. The molecule has 0 heterocycles. The molecule has 31 heavy (non-hydrogen) atoms. The van der Waals surface area contributed by atoms with Crippen molar-refractivity contribution in [3.8, 4) is 0 Å². The molecule has 1 aliphatic rings. The van der Waals surface area contributed by atoms with E-state index in [-0.39, 0.29) is 34.8 Å². The van der Waals surface area contributed by atoms with Crippen molar-refractivity contribution in [1.82, 2.24) is 0 Å². The van der Waals surface area contributed by atoms with Gasteiger partial charge in [0, 0.05) is 12.3 Å². The van der Waals surface area contributed by atoms with Gasteiger partial charge in [-0.15, -0.1) is 0 Å². The number of hydrogen-bond donors (Lipinski definition) is 2. The van der Waals surface area contributed by atoms with Gasteiger partial charge in [0.2, 0.25) is 0 Å². The van der Waals surface area contributed by atoms with Gasteiger partial charge in [-0.05, 0) is 74.1 Å². The molecule has 1 unspecified atom stereocenters. The molecule has 0 aromatic rings. The van der Waals surface area contributed by atoms with Crippen LogP contribution in [0.25, 0.3) is 0 Å². The lowest BCUT2D eigenvalue weighted by molar-refractivity contribution is -0.137. The first-order chi connectivity index (χ1) is 13.7. The van der Waals surface area contributed by atoms with Gasteiger partial charge in [-0.2, -0.15) is 0 Å². The Morgan fingerprint density at radius 1 is 1.10 bits per heavy atom. The third-order valence-corrected chi connectivity index (χ3v) is 15.7. The summed E-state index contributed by atoms with van der Waals surface area (Å²) in [5.74, 6) is -0.446. The number of carbonyl (C=O) groups is 1.